The third kappa shape index (κ3) is 10.1. The molecule has 2 aromatic rings. The highest BCUT2D eigenvalue weighted by atomic mass is 16.5. The summed E-state index contributed by atoms with van der Waals surface area (Å²) in [6.45, 7) is 4.47. The number of carbonyl (C=O) groups is 1. The molecule has 0 bridgehead atoms. The lowest BCUT2D eigenvalue weighted by Crippen LogP contribution is -2.13. The molecule has 0 saturated heterocycles. The van der Waals surface area contributed by atoms with E-state index >= 15 is 0 Å². The van der Waals surface area contributed by atoms with Crippen molar-refractivity contribution >= 4 is 5.97 Å². The van der Waals surface area contributed by atoms with Crippen LogP contribution >= 0.6 is 0 Å². The molecule has 2 aromatic carbocycles. The van der Waals surface area contributed by atoms with Gasteiger partial charge in [-0.15, -0.1) is 0 Å². The highest BCUT2D eigenvalue weighted by molar-refractivity contribution is 5.73. The van der Waals surface area contributed by atoms with Crippen molar-refractivity contribution in [1.82, 2.24) is 0 Å². The normalized spacial score (nSPS) is 17.7. The minimum Gasteiger partial charge on any atom is -0.427 e. The minimum atomic E-state index is -0.125. The summed E-state index contributed by atoms with van der Waals surface area (Å²) in [6.07, 6.45) is 21.8. The topological polar surface area (TPSA) is 26.3 Å². The number of ether oxygens (including phenoxy) is 1. The summed E-state index contributed by atoms with van der Waals surface area (Å²) in [7, 11) is 0. The largest absolute Gasteiger partial charge is 0.427 e. The van der Waals surface area contributed by atoms with Crippen LogP contribution in [0.5, 0.6) is 5.75 Å². The number of hydrogen-bond donors (Lipinski definition) is 0. The van der Waals surface area contributed by atoms with Gasteiger partial charge in [-0.05, 0) is 72.8 Å². The molecule has 0 aromatic heterocycles. The summed E-state index contributed by atoms with van der Waals surface area (Å²) >= 11 is 0. The first-order chi connectivity index (χ1) is 17.7. The fourth-order valence-corrected chi connectivity index (χ4v) is 5.72. The predicted molar refractivity (Wildman–Crippen MR) is 154 cm³/mol. The lowest BCUT2D eigenvalue weighted by atomic mass is 9.77. The second kappa shape index (κ2) is 16.6. The monoisotopic (exact) mass is 490 g/mol. The van der Waals surface area contributed by atoms with Gasteiger partial charge in [0.15, 0.2) is 0 Å². The molecular formula is C34H50O2. The zero-order chi connectivity index (χ0) is 25.4. The fourth-order valence-electron chi connectivity index (χ4n) is 5.72. The Morgan fingerprint density at radius 3 is 1.81 bits per heavy atom. The summed E-state index contributed by atoms with van der Waals surface area (Å²) in [5.41, 5.74) is 3.90. The van der Waals surface area contributed by atoms with Crippen LogP contribution in [0.2, 0.25) is 0 Å². The van der Waals surface area contributed by atoms with Crippen molar-refractivity contribution < 1.29 is 9.53 Å². The van der Waals surface area contributed by atoms with Gasteiger partial charge in [-0.25, -0.2) is 0 Å². The molecule has 0 spiro atoms. The van der Waals surface area contributed by atoms with Crippen molar-refractivity contribution in [3.8, 4) is 16.9 Å². The molecule has 1 saturated carbocycles. The van der Waals surface area contributed by atoms with Gasteiger partial charge in [0.05, 0.1) is 0 Å². The Kier molecular flexibility index (Phi) is 13.1. The first-order valence-electron chi connectivity index (χ1n) is 15.1. The van der Waals surface area contributed by atoms with Crippen LogP contribution in [0.15, 0.2) is 48.5 Å². The van der Waals surface area contributed by atoms with Crippen molar-refractivity contribution in [2.75, 3.05) is 0 Å². The van der Waals surface area contributed by atoms with Gasteiger partial charge in [-0.1, -0.05) is 121 Å². The van der Waals surface area contributed by atoms with E-state index in [-0.39, 0.29) is 5.97 Å². The number of rotatable bonds is 16. The number of benzene rings is 2. The van der Waals surface area contributed by atoms with Crippen LogP contribution in [-0.4, -0.2) is 5.97 Å². The Hall–Kier alpha value is -2.09. The smallest absolute Gasteiger partial charge is 0.311 e. The third-order valence-corrected chi connectivity index (χ3v) is 8.10. The number of carbonyl (C=O) groups excluding carboxylic acids is 1. The van der Waals surface area contributed by atoms with E-state index in [0.29, 0.717) is 12.2 Å². The van der Waals surface area contributed by atoms with Crippen LogP contribution in [0, 0.1) is 5.92 Å². The Morgan fingerprint density at radius 2 is 1.19 bits per heavy atom. The van der Waals surface area contributed by atoms with E-state index in [9.17, 15) is 4.79 Å². The predicted octanol–water partition coefficient (Wildman–Crippen LogP) is 10.6. The van der Waals surface area contributed by atoms with Gasteiger partial charge in [0.25, 0.3) is 0 Å². The molecule has 3 rings (SSSR count). The molecule has 1 fully saturated rings. The van der Waals surface area contributed by atoms with Crippen LogP contribution in [-0.2, 0) is 4.79 Å². The maximum Gasteiger partial charge on any atom is 0.311 e. The third-order valence-electron chi connectivity index (χ3n) is 8.10. The molecule has 0 atom stereocenters. The van der Waals surface area contributed by atoms with Crippen LogP contribution in [0.3, 0.4) is 0 Å². The minimum absolute atomic E-state index is 0.125. The van der Waals surface area contributed by atoms with Gasteiger partial charge in [0.1, 0.15) is 5.75 Å². The summed E-state index contributed by atoms with van der Waals surface area (Å²) < 4.78 is 5.50. The second-order valence-electron chi connectivity index (χ2n) is 11.1. The van der Waals surface area contributed by atoms with E-state index in [1.165, 1.54) is 107 Å². The van der Waals surface area contributed by atoms with Crippen molar-refractivity contribution in [2.45, 2.75) is 129 Å². The van der Waals surface area contributed by atoms with Gasteiger partial charge in [-0.3, -0.25) is 4.79 Å². The molecule has 0 radical (unpaired) electrons. The molecule has 0 N–H and O–H groups in total. The molecule has 0 unspecified atom stereocenters. The number of unbranched alkanes of at least 4 members (excludes halogenated alkanes) is 9. The van der Waals surface area contributed by atoms with Crippen molar-refractivity contribution in [3.05, 3.63) is 54.1 Å². The maximum atomic E-state index is 12.0. The summed E-state index contributed by atoms with van der Waals surface area (Å²) in [6, 6.07) is 17.1. The molecule has 1 aliphatic carbocycles. The molecule has 0 amide bonds. The van der Waals surface area contributed by atoms with E-state index in [1.54, 1.807) is 0 Å². The maximum absolute atomic E-state index is 12.0. The molecule has 2 nitrogen and oxygen atoms in total. The molecule has 0 aliphatic heterocycles. The summed E-state index contributed by atoms with van der Waals surface area (Å²) in [5, 5.41) is 0. The number of esters is 1. The zero-order valence-electron chi connectivity index (χ0n) is 23.1. The highest BCUT2D eigenvalue weighted by Gasteiger charge is 2.22. The quantitative estimate of drug-likeness (QED) is 0.133. The SMILES string of the molecule is CCCCCCCCCC1CCC(c2ccc(-c3ccc(OC(=O)CCCCCC)cc3)cc2)CC1. The van der Waals surface area contributed by atoms with Crippen molar-refractivity contribution in [2.24, 2.45) is 5.92 Å². The molecule has 0 heterocycles. The average molecular weight is 491 g/mol. The number of hydrogen-bond acceptors (Lipinski definition) is 2. The Bertz CT molecular complexity index is 844. The molecular weight excluding hydrogens is 440 g/mol. The van der Waals surface area contributed by atoms with Gasteiger partial charge >= 0.3 is 5.97 Å². The summed E-state index contributed by atoms with van der Waals surface area (Å²) in [4.78, 5) is 12.0. The van der Waals surface area contributed by atoms with Crippen LogP contribution in [0.4, 0.5) is 0 Å². The van der Waals surface area contributed by atoms with E-state index in [4.69, 9.17) is 4.74 Å². The van der Waals surface area contributed by atoms with Crippen molar-refractivity contribution in [1.29, 1.82) is 0 Å². The van der Waals surface area contributed by atoms with E-state index in [2.05, 4.69) is 50.2 Å². The van der Waals surface area contributed by atoms with Gasteiger partial charge < -0.3 is 4.74 Å². The van der Waals surface area contributed by atoms with Gasteiger partial charge in [-0.2, -0.15) is 0 Å². The molecule has 1 aliphatic rings. The fraction of sp³-hybridized carbons (Fsp3) is 0.618. The second-order valence-corrected chi connectivity index (χ2v) is 11.1. The molecule has 198 valence electrons. The van der Waals surface area contributed by atoms with E-state index in [1.807, 2.05) is 12.1 Å². The van der Waals surface area contributed by atoms with Gasteiger partial charge in [0, 0.05) is 6.42 Å². The Balaban J connectivity index is 1.38. The first-order valence-corrected chi connectivity index (χ1v) is 15.1. The zero-order valence-corrected chi connectivity index (χ0v) is 23.1. The molecule has 36 heavy (non-hydrogen) atoms. The Labute approximate surface area is 221 Å². The van der Waals surface area contributed by atoms with Crippen molar-refractivity contribution in [3.63, 3.8) is 0 Å². The molecule has 2 heteroatoms. The van der Waals surface area contributed by atoms with Crippen LogP contribution < -0.4 is 4.74 Å². The summed E-state index contributed by atoms with van der Waals surface area (Å²) in [5.74, 6) is 2.20. The lowest BCUT2D eigenvalue weighted by Gasteiger charge is -2.29. The highest BCUT2D eigenvalue weighted by Crippen LogP contribution is 2.38. The van der Waals surface area contributed by atoms with E-state index in [0.717, 1.165) is 24.7 Å². The Morgan fingerprint density at radius 1 is 0.667 bits per heavy atom. The van der Waals surface area contributed by atoms with Crippen LogP contribution in [0.25, 0.3) is 11.1 Å². The van der Waals surface area contributed by atoms with E-state index < -0.39 is 0 Å². The van der Waals surface area contributed by atoms with Crippen LogP contribution in [0.1, 0.15) is 134 Å². The first kappa shape index (κ1) is 28.5. The average Bonchev–Trinajstić information content (AvgIpc) is 2.91. The lowest BCUT2D eigenvalue weighted by molar-refractivity contribution is -0.134. The van der Waals surface area contributed by atoms with Gasteiger partial charge in [0.2, 0.25) is 0 Å². The standard InChI is InChI=1S/C34H50O2/c1-3-5-7-9-10-11-12-14-28-16-18-29(19-17-28)30-20-22-31(23-21-30)32-24-26-33(27-25-32)36-34(35)15-13-8-6-4-2/h20-29H,3-19H2,1-2H3.